The minimum Gasteiger partial charge on any atom is -0.423 e. The molecule has 1 amide bonds. The monoisotopic (exact) mass is 520 g/mol. The molecule has 0 aliphatic rings. The van der Waals surface area contributed by atoms with Gasteiger partial charge in [-0.05, 0) is 81.4 Å². The van der Waals surface area contributed by atoms with Crippen LogP contribution >= 0.6 is 22.6 Å². The van der Waals surface area contributed by atoms with E-state index in [0.29, 0.717) is 16.9 Å². The zero-order valence-corrected chi connectivity index (χ0v) is 18.4. The van der Waals surface area contributed by atoms with Crippen molar-refractivity contribution in [1.82, 2.24) is 5.43 Å². The van der Waals surface area contributed by atoms with Gasteiger partial charge in [0.25, 0.3) is 5.91 Å². The quantitative estimate of drug-likeness (QED) is 0.126. The lowest BCUT2D eigenvalue weighted by Gasteiger charge is -2.07. The lowest BCUT2D eigenvalue weighted by atomic mass is 10.0. The number of rotatable bonds is 5. The van der Waals surface area contributed by atoms with Crippen molar-refractivity contribution in [3.05, 3.63) is 111 Å². The Morgan fingerprint density at radius 3 is 2.29 bits per heavy atom. The van der Waals surface area contributed by atoms with Crippen LogP contribution in [0.2, 0.25) is 0 Å². The first kappa shape index (κ1) is 20.7. The average Bonchev–Trinajstić information content (AvgIpc) is 2.80. The molecule has 6 heteroatoms. The SMILES string of the molecule is O=C(NN=Cc1ccc(OC(=O)c2cccc3ccccc23)cc1)c1ccccc1I. The normalized spacial score (nSPS) is 10.9. The number of hydrazone groups is 1. The van der Waals surface area contributed by atoms with E-state index in [1.54, 1.807) is 42.5 Å². The number of carbonyl (C=O) groups is 2. The van der Waals surface area contributed by atoms with Crippen LogP contribution in [0.15, 0.2) is 96.1 Å². The van der Waals surface area contributed by atoms with Crippen molar-refractivity contribution in [2.24, 2.45) is 5.10 Å². The fourth-order valence-electron chi connectivity index (χ4n) is 3.06. The van der Waals surface area contributed by atoms with Crippen LogP contribution in [0.4, 0.5) is 0 Å². The third-order valence-electron chi connectivity index (χ3n) is 4.60. The minimum absolute atomic E-state index is 0.276. The first-order valence-corrected chi connectivity index (χ1v) is 10.6. The molecule has 4 aromatic rings. The van der Waals surface area contributed by atoms with Crippen molar-refractivity contribution in [3.8, 4) is 5.75 Å². The molecular formula is C25H17IN2O3. The highest BCUT2D eigenvalue weighted by Crippen LogP contribution is 2.21. The molecule has 31 heavy (non-hydrogen) atoms. The number of fused-ring (bicyclic) bond motifs is 1. The molecule has 4 aromatic carbocycles. The third kappa shape index (κ3) is 4.97. The van der Waals surface area contributed by atoms with Crippen LogP contribution in [0.1, 0.15) is 26.3 Å². The van der Waals surface area contributed by atoms with Crippen molar-refractivity contribution in [2.45, 2.75) is 0 Å². The van der Waals surface area contributed by atoms with E-state index in [4.69, 9.17) is 4.74 Å². The van der Waals surface area contributed by atoms with Gasteiger partial charge < -0.3 is 4.74 Å². The molecule has 0 spiro atoms. The second kappa shape index (κ2) is 9.53. The van der Waals surface area contributed by atoms with E-state index in [9.17, 15) is 9.59 Å². The second-order valence-corrected chi connectivity index (χ2v) is 7.83. The molecule has 1 N–H and O–H groups in total. The maximum atomic E-state index is 12.6. The summed E-state index contributed by atoms with van der Waals surface area (Å²) in [5.74, 6) is -0.261. The Labute approximate surface area is 192 Å². The van der Waals surface area contributed by atoms with Crippen molar-refractivity contribution >= 4 is 51.5 Å². The largest absolute Gasteiger partial charge is 0.423 e. The van der Waals surface area contributed by atoms with Crippen molar-refractivity contribution in [2.75, 3.05) is 0 Å². The summed E-state index contributed by atoms with van der Waals surface area (Å²) < 4.78 is 6.38. The molecule has 152 valence electrons. The molecule has 0 unspecified atom stereocenters. The third-order valence-corrected chi connectivity index (χ3v) is 5.54. The summed E-state index contributed by atoms with van der Waals surface area (Å²) in [4.78, 5) is 24.8. The van der Waals surface area contributed by atoms with Crippen LogP contribution in [-0.4, -0.2) is 18.1 Å². The summed E-state index contributed by atoms with van der Waals surface area (Å²) in [5, 5.41) is 5.83. The summed E-state index contributed by atoms with van der Waals surface area (Å²) in [6.07, 6.45) is 1.53. The minimum atomic E-state index is -0.414. The Bertz CT molecular complexity index is 1280. The van der Waals surface area contributed by atoms with Crippen LogP contribution < -0.4 is 10.2 Å². The van der Waals surface area contributed by atoms with Gasteiger partial charge in [0.2, 0.25) is 0 Å². The molecule has 0 radical (unpaired) electrons. The molecule has 4 rings (SSSR count). The molecule has 5 nitrogen and oxygen atoms in total. The standard InChI is InChI=1S/C25H17IN2O3/c26-23-11-4-3-9-22(23)24(29)28-27-16-17-12-14-19(15-13-17)31-25(30)21-10-5-7-18-6-1-2-8-20(18)21/h1-16H,(H,28,29). The van der Waals surface area contributed by atoms with E-state index in [1.165, 1.54) is 6.21 Å². The molecule has 0 atom stereocenters. The Hall–Kier alpha value is -3.52. The molecule has 0 aliphatic carbocycles. The van der Waals surface area contributed by atoms with Gasteiger partial charge in [-0.3, -0.25) is 4.79 Å². The molecule has 0 aromatic heterocycles. The number of halogens is 1. The fraction of sp³-hybridized carbons (Fsp3) is 0. The van der Waals surface area contributed by atoms with E-state index in [-0.39, 0.29) is 5.91 Å². The van der Waals surface area contributed by atoms with Gasteiger partial charge in [-0.2, -0.15) is 5.10 Å². The van der Waals surface area contributed by atoms with Gasteiger partial charge in [0.15, 0.2) is 0 Å². The first-order valence-electron chi connectivity index (χ1n) is 9.50. The number of ether oxygens (including phenoxy) is 1. The number of nitrogens with one attached hydrogen (secondary N) is 1. The maximum Gasteiger partial charge on any atom is 0.344 e. The number of carbonyl (C=O) groups excluding carboxylic acids is 2. The topological polar surface area (TPSA) is 67.8 Å². The number of hydrogen-bond acceptors (Lipinski definition) is 4. The zero-order chi connectivity index (χ0) is 21.6. The van der Waals surface area contributed by atoms with Gasteiger partial charge in [-0.1, -0.05) is 48.5 Å². The van der Waals surface area contributed by atoms with E-state index in [0.717, 1.165) is 19.9 Å². The Balaban J connectivity index is 1.40. The summed E-state index contributed by atoms with van der Waals surface area (Å²) >= 11 is 2.11. The molecule has 0 fully saturated rings. The van der Waals surface area contributed by atoms with E-state index in [2.05, 4.69) is 33.1 Å². The molecule has 0 saturated heterocycles. The number of benzene rings is 4. The zero-order valence-electron chi connectivity index (χ0n) is 16.3. The second-order valence-electron chi connectivity index (χ2n) is 6.66. The van der Waals surface area contributed by atoms with E-state index in [1.807, 2.05) is 48.5 Å². The number of amides is 1. The summed E-state index contributed by atoms with van der Waals surface area (Å²) in [6.45, 7) is 0. The highest BCUT2D eigenvalue weighted by Gasteiger charge is 2.12. The summed E-state index contributed by atoms with van der Waals surface area (Å²) in [5.41, 5.74) is 4.35. The van der Waals surface area contributed by atoms with Crippen LogP contribution in [-0.2, 0) is 0 Å². The highest BCUT2D eigenvalue weighted by molar-refractivity contribution is 14.1. The molecule has 0 aliphatic heterocycles. The molecule has 0 heterocycles. The highest BCUT2D eigenvalue weighted by atomic mass is 127. The number of hydrogen-bond donors (Lipinski definition) is 1. The lowest BCUT2D eigenvalue weighted by molar-refractivity contribution is 0.0736. The Morgan fingerprint density at radius 1 is 0.806 bits per heavy atom. The van der Waals surface area contributed by atoms with Crippen LogP contribution in [0.25, 0.3) is 10.8 Å². The Morgan fingerprint density at radius 2 is 1.48 bits per heavy atom. The summed E-state index contributed by atoms with van der Waals surface area (Å²) in [6, 6.07) is 27.4. The van der Waals surface area contributed by atoms with Crippen molar-refractivity contribution < 1.29 is 14.3 Å². The van der Waals surface area contributed by atoms with Crippen LogP contribution in [0.3, 0.4) is 0 Å². The number of nitrogens with zero attached hydrogens (tertiary/aromatic N) is 1. The average molecular weight is 520 g/mol. The smallest absolute Gasteiger partial charge is 0.344 e. The maximum absolute atomic E-state index is 12.6. The van der Waals surface area contributed by atoms with Crippen molar-refractivity contribution in [1.29, 1.82) is 0 Å². The summed E-state index contributed by atoms with van der Waals surface area (Å²) in [7, 11) is 0. The lowest BCUT2D eigenvalue weighted by Crippen LogP contribution is -2.18. The van der Waals surface area contributed by atoms with Crippen molar-refractivity contribution in [3.63, 3.8) is 0 Å². The van der Waals surface area contributed by atoms with E-state index >= 15 is 0 Å². The molecule has 0 saturated carbocycles. The molecule has 0 bridgehead atoms. The van der Waals surface area contributed by atoms with Gasteiger partial charge in [-0.25, -0.2) is 10.2 Å². The molecular weight excluding hydrogens is 503 g/mol. The van der Waals surface area contributed by atoms with Gasteiger partial charge in [0.1, 0.15) is 5.75 Å². The fourth-order valence-corrected chi connectivity index (χ4v) is 3.69. The Kier molecular flexibility index (Phi) is 6.37. The number of esters is 1. The van der Waals surface area contributed by atoms with Crippen LogP contribution in [0.5, 0.6) is 5.75 Å². The van der Waals surface area contributed by atoms with Crippen LogP contribution in [0, 0.1) is 3.57 Å². The van der Waals surface area contributed by atoms with E-state index < -0.39 is 5.97 Å². The van der Waals surface area contributed by atoms with Gasteiger partial charge in [0.05, 0.1) is 17.3 Å². The predicted octanol–water partition coefficient (Wildman–Crippen LogP) is 5.43. The first-order chi connectivity index (χ1) is 15.1. The predicted molar refractivity (Wildman–Crippen MR) is 130 cm³/mol. The van der Waals surface area contributed by atoms with Gasteiger partial charge in [-0.15, -0.1) is 0 Å². The van der Waals surface area contributed by atoms with Gasteiger partial charge >= 0.3 is 5.97 Å². The van der Waals surface area contributed by atoms with Gasteiger partial charge in [0, 0.05) is 3.57 Å².